The summed E-state index contributed by atoms with van der Waals surface area (Å²) in [5, 5.41) is 0.588. The summed E-state index contributed by atoms with van der Waals surface area (Å²) in [4.78, 5) is 8.25. The quantitative estimate of drug-likeness (QED) is 0.906. The van der Waals surface area contributed by atoms with Crippen LogP contribution in [0, 0.1) is 0 Å². The number of ether oxygens (including phenoxy) is 1. The molecule has 1 atom stereocenters. The molecular formula is C12H12ClN3O. The van der Waals surface area contributed by atoms with Crippen LogP contribution in [0.25, 0.3) is 0 Å². The molecule has 0 spiro atoms. The van der Waals surface area contributed by atoms with Gasteiger partial charge in [-0.1, -0.05) is 11.6 Å². The zero-order valence-corrected chi connectivity index (χ0v) is 10.1. The maximum absolute atomic E-state index is 6.09. The number of nitrogens with zero attached hydrogens (tertiary/aromatic N) is 2. The molecule has 5 heteroatoms. The predicted molar refractivity (Wildman–Crippen MR) is 66.1 cm³/mol. The zero-order chi connectivity index (χ0) is 12.3. The SMILES string of the molecule is COc1cncc(C(N)c2ccc(Cl)cn2)c1. The molecule has 2 N–H and O–H groups in total. The molecule has 2 aromatic rings. The highest BCUT2D eigenvalue weighted by atomic mass is 35.5. The van der Waals surface area contributed by atoms with Gasteiger partial charge in [-0.3, -0.25) is 9.97 Å². The minimum atomic E-state index is -0.338. The van der Waals surface area contributed by atoms with Crippen molar-refractivity contribution in [1.29, 1.82) is 0 Å². The summed E-state index contributed by atoms with van der Waals surface area (Å²) < 4.78 is 5.10. The van der Waals surface area contributed by atoms with Crippen LogP contribution in [-0.2, 0) is 0 Å². The molecule has 0 aliphatic carbocycles. The van der Waals surface area contributed by atoms with Crippen LogP contribution in [0.2, 0.25) is 5.02 Å². The van der Waals surface area contributed by atoms with Gasteiger partial charge in [0.1, 0.15) is 5.75 Å². The fraction of sp³-hybridized carbons (Fsp3) is 0.167. The molecule has 0 aliphatic rings. The molecule has 4 nitrogen and oxygen atoms in total. The Morgan fingerprint density at radius 2 is 2.12 bits per heavy atom. The van der Waals surface area contributed by atoms with Crippen molar-refractivity contribution in [3.63, 3.8) is 0 Å². The number of rotatable bonds is 3. The molecule has 17 heavy (non-hydrogen) atoms. The number of halogens is 1. The topological polar surface area (TPSA) is 61.0 Å². The summed E-state index contributed by atoms with van der Waals surface area (Å²) in [7, 11) is 1.59. The van der Waals surface area contributed by atoms with Gasteiger partial charge >= 0.3 is 0 Å². The van der Waals surface area contributed by atoms with E-state index in [2.05, 4.69) is 9.97 Å². The Kier molecular flexibility index (Phi) is 3.56. The van der Waals surface area contributed by atoms with Crippen LogP contribution in [0.1, 0.15) is 17.3 Å². The first kappa shape index (κ1) is 11.8. The first-order chi connectivity index (χ1) is 8.20. The molecule has 2 aromatic heterocycles. The summed E-state index contributed by atoms with van der Waals surface area (Å²) >= 11 is 5.77. The standard InChI is InChI=1S/C12H12ClN3O/c1-17-10-4-8(5-15-7-10)12(14)11-3-2-9(13)6-16-11/h2-7,12H,14H2,1H3. The van der Waals surface area contributed by atoms with Crippen LogP contribution in [0.15, 0.2) is 36.8 Å². The smallest absolute Gasteiger partial charge is 0.137 e. The minimum Gasteiger partial charge on any atom is -0.495 e. The third-order valence-electron chi connectivity index (χ3n) is 2.40. The van der Waals surface area contributed by atoms with E-state index in [0.717, 1.165) is 11.3 Å². The van der Waals surface area contributed by atoms with E-state index >= 15 is 0 Å². The first-order valence-corrected chi connectivity index (χ1v) is 5.44. The normalized spacial score (nSPS) is 12.2. The van der Waals surface area contributed by atoms with Crippen molar-refractivity contribution in [2.24, 2.45) is 5.73 Å². The molecule has 2 rings (SSSR count). The monoisotopic (exact) mass is 249 g/mol. The van der Waals surface area contributed by atoms with Gasteiger partial charge in [-0.05, 0) is 23.8 Å². The van der Waals surface area contributed by atoms with E-state index in [9.17, 15) is 0 Å². The number of nitrogens with two attached hydrogens (primary N) is 1. The predicted octanol–water partition coefficient (Wildman–Crippen LogP) is 2.19. The van der Waals surface area contributed by atoms with E-state index in [4.69, 9.17) is 22.1 Å². The summed E-state index contributed by atoms with van der Waals surface area (Å²) in [6.07, 6.45) is 4.90. The van der Waals surface area contributed by atoms with Gasteiger partial charge in [0.2, 0.25) is 0 Å². The molecule has 0 aromatic carbocycles. The maximum atomic E-state index is 6.09. The van der Waals surface area contributed by atoms with Gasteiger partial charge in [-0.25, -0.2) is 0 Å². The Morgan fingerprint density at radius 1 is 1.29 bits per heavy atom. The van der Waals surface area contributed by atoms with Crippen molar-refractivity contribution < 1.29 is 4.74 Å². The number of pyridine rings is 2. The Hall–Kier alpha value is -1.65. The highest BCUT2D eigenvalue weighted by Crippen LogP contribution is 2.21. The average molecular weight is 250 g/mol. The van der Waals surface area contributed by atoms with E-state index in [1.165, 1.54) is 0 Å². The van der Waals surface area contributed by atoms with Crippen LogP contribution < -0.4 is 10.5 Å². The second-order valence-electron chi connectivity index (χ2n) is 3.54. The lowest BCUT2D eigenvalue weighted by atomic mass is 10.1. The number of methoxy groups -OCH3 is 1. The van der Waals surface area contributed by atoms with Crippen LogP contribution in [0.3, 0.4) is 0 Å². The summed E-state index contributed by atoms with van der Waals surface area (Å²) in [6.45, 7) is 0. The fourth-order valence-electron chi connectivity index (χ4n) is 1.46. The second kappa shape index (κ2) is 5.12. The van der Waals surface area contributed by atoms with Gasteiger partial charge < -0.3 is 10.5 Å². The maximum Gasteiger partial charge on any atom is 0.137 e. The zero-order valence-electron chi connectivity index (χ0n) is 9.30. The molecule has 1 unspecified atom stereocenters. The van der Waals surface area contributed by atoms with Gasteiger partial charge in [0, 0.05) is 12.4 Å². The fourth-order valence-corrected chi connectivity index (χ4v) is 1.57. The van der Waals surface area contributed by atoms with Crippen molar-refractivity contribution in [2.45, 2.75) is 6.04 Å². The van der Waals surface area contributed by atoms with Crippen molar-refractivity contribution in [3.8, 4) is 5.75 Å². The van der Waals surface area contributed by atoms with E-state index in [0.29, 0.717) is 10.8 Å². The first-order valence-electron chi connectivity index (χ1n) is 5.06. The lowest BCUT2D eigenvalue weighted by Crippen LogP contribution is -2.13. The van der Waals surface area contributed by atoms with Crippen molar-refractivity contribution in [3.05, 3.63) is 53.1 Å². The summed E-state index contributed by atoms with van der Waals surface area (Å²) in [6, 6.07) is 5.06. The molecule has 0 amide bonds. The second-order valence-corrected chi connectivity index (χ2v) is 3.97. The van der Waals surface area contributed by atoms with Crippen LogP contribution in [0.5, 0.6) is 5.75 Å². The molecule has 0 fully saturated rings. The largest absolute Gasteiger partial charge is 0.495 e. The van der Waals surface area contributed by atoms with Gasteiger partial charge in [0.05, 0.1) is 30.1 Å². The number of hydrogen-bond acceptors (Lipinski definition) is 4. The Morgan fingerprint density at radius 3 is 2.76 bits per heavy atom. The van der Waals surface area contributed by atoms with E-state index < -0.39 is 0 Å². The van der Waals surface area contributed by atoms with Crippen molar-refractivity contribution >= 4 is 11.6 Å². The van der Waals surface area contributed by atoms with Gasteiger partial charge in [0.25, 0.3) is 0 Å². The lowest BCUT2D eigenvalue weighted by molar-refractivity contribution is 0.412. The van der Waals surface area contributed by atoms with Gasteiger partial charge in [0.15, 0.2) is 0 Å². The third-order valence-corrected chi connectivity index (χ3v) is 2.62. The Bertz CT molecular complexity index is 501. The Balaban J connectivity index is 2.29. The highest BCUT2D eigenvalue weighted by molar-refractivity contribution is 6.30. The number of aromatic nitrogens is 2. The van der Waals surface area contributed by atoms with Crippen LogP contribution in [-0.4, -0.2) is 17.1 Å². The molecule has 2 heterocycles. The van der Waals surface area contributed by atoms with Gasteiger partial charge in [-0.2, -0.15) is 0 Å². The van der Waals surface area contributed by atoms with Crippen LogP contribution in [0.4, 0.5) is 0 Å². The summed E-state index contributed by atoms with van der Waals surface area (Å²) in [5.41, 5.74) is 7.68. The Labute approximate surface area is 104 Å². The van der Waals surface area contributed by atoms with Crippen LogP contribution >= 0.6 is 11.6 Å². The molecule has 0 saturated heterocycles. The molecule has 0 radical (unpaired) electrons. The minimum absolute atomic E-state index is 0.338. The van der Waals surface area contributed by atoms with E-state index in [1.807, 2.05) is 6.07 Å². The molecule has 88 valence electrons. The third kappa shape index (κ3) is 2.72. The molecule has 0 aliphatic heterocycles. The lowest BCUT2D eigenvalue weighted by Gasteiger charge is -2.11. The summed E-state index contributed by atoms with van der Waals surface area (Å²) in [5.74, 6) is 0.673. The molecule has 0 saturated carbocycles. The van der Waals surface area contributed by atoms with Crippen molar-refractivity contribution in [1.82, 2.24) is 9.97 Å². The highest BCUT2D eigenvalue weighted by Gasteiger charge is 2.11. The van der Waals surface area contributed by atoms with Crippen molar-refractivity contribution in [2.75, 3.05) is 7.11 Å². The molecule has 0 bridgehead atoms. The number of hydrogen-bond donors (Lipinski definition) is 1. The van der Waals surface area contributed by atoms with Gasteiger partial charge in [-0.15, -0.1) is 0 Å². The average Bonchev–Trinajstić information content (AvgIpc) is 2.39. The molecular weight excluding hydrogens is 238 g/mol. The van der Waals surface area contributed by atoms with E-state index in [-0.39, 0.29) is 6.04 Å². The van der Waals surface area contributed by atoms with E-state index in [1.54, 1.807) is 37.8 Å².